The molecule has 3 nitrogen and oxygen atoms in total. The van der Waals surface area contributed by atoms with Crippen LogP contribution in [0.5, 0.6) is 5.75 Å². The van der Waals surface area contributed by atoms with Crippen LogP contribution in [0.15, 0.2) is 18.2 Å². The first kappa shape index (κ1) is 14.1. The quantitative estimate of drug-likeness (QED) is 0.816. The van der Waals surface area contributed by atoms with Gasteiger partial charge in [-0.2, -0.15) is 0 Å². The predicted octanol–water partition coefficient (Wildman–Crippen LogP) is 3.39. The van der Waals surface area contributed by atoms with Gasteiger partial charge in [0, 0.05) is 20.1 Å². The van der Waals surface area contributed by atoms with Gasteiger partial charge < -0.3 is 9.47 Å². The van der Waals surface area contributed by atoms with Crippen LogP contribution in [0.4, 0.5) is 0 Å². The van der Waals surface area contributed by atoms with E-state index in [0.717, 1.165) is 29.7 Å². The molecule has 3 heteroatoms. The van der Waals surface area contributed by atoms with Crippen LogP contribution in [0.3, 0.4) is 0 Å². The van der Waals surface area contributed by atoms with Gasteiger partial charge in [0.2, 0.25) is 0 Å². The van der Waals surface area contributed by atoms with Crippen LogP contribution >= 0.6 is 0 Å². The number of hydrogen-bond donors (Lipinski definition) is 0. The summed E-state index contributed by atoms with van der Waals surface area (Å²) in [6.07, 6.45) is 2.41. The van der Waals surface area contributed by atoms with Crippen LogP contribution in [0.25, 0.3) is 0 Å². The molecule has 2 atom stereocenters. The third-order valence-electron chi connectivity index (χ3n) is 3.84. The van der Waals surface area contributed by atoms with Gasteiger partial charge in [-0.15, -0.1) is 0 Å². The van der Waals surface area contributed by atoms with Crippen molar-refractivity contribution in [2.24, 2.45) is 5.92 Å². The molecule has 0 aliphatic carbocycles. The highest BCUT2D eigenvalue weighted by Gasteiger charge is 2.31. The fraction of sp³-hybridized carbons (Fsp3) is 0.562. The summed E-state index contributed by atoms with van der Waals surface area (Å²) >= 11 is 0. The SMILES string of the molecule is CCC(CCOC)C1CC(=O)c2cc(C)ccc2O1. The maximum absolute atomic E-state index is 12.2. The molecule has 0 amide bonds. The first-order valence-corrected chi connectivity index (χ1v) is 6.95. The van der Waals surface area contributed by atoms with Crippen molar-refractivity contribution < 1.29 is 14.3 Å². The van der Waals surface area contributed by atoms with E-state index in [1.807, 2.05) is 25.1 Å². The molecule has 104 valence electrons. The number of Topliss-reactive ketones (excluding diaryl/α,β-unsaturated/α-hetero) is 1. The zero-order valence-electron chi connectivity index (χ0n) is 11.9. The molecule has 0 saturated heterocycles. The molecule has 19 heavy (non-hydrogen) atoms. The lowest BCUT2D eigenvalue weighted by Gasteiger charge is -2.31. The highest BCUT2D eigenvalue weighted by atomic mass is 16.5. The fourth-order valence-corrected chi connectivity index (χ4v) is 2.65. The Labute approximate surface area is 114 Å². The minimum Gasteiger partial charge on any atom is -0.489 e. The number of aryl methyl sites for hydroxylation is 1. The summed E-state index contributed by atoms with van der Waals surface area (Å²) in [4.78, 5) is 12.2. The van der Waals surface area contributed by atoms with Crippen LogP contribution in [0.1, 0.15) is 42.1 Å². The summed E-state index contributed by atoms with van der Waals surface area (Å²) < 4.78 is 11.2. The van der Waals surface area contributed by atoms with Crippen molar-refractivity contribution in [3.63, 3.8) is 0 Å². The zero-order chi connectivity index (χ0) is 13.8. The van der Waals surface area contributed by atoms with E-state index in [1.54, 1.807) is 7.11 Å². The summed E-state index contributed by atoms with van der Waals surface area (Å²) in [6.45, 7) is 4.85. The van der Waals surface area contributed by atoms with Crippen molar-refractivity contribution in [3.8, 4) is 5.75 Å². The molecule has 1 aliphatic heterocycles. The smallest absolute Gasteiger partial charge is 0.170 e. The number of carbonyl (C=O) groups excluding carboxylic acids is 1. The Kier molecular flexibility index (Phi) is 4.59. The van der Waals surface area contributed by atoms with Gasteiger partial charge in [-0.25, -0.2) is 0 Å². The van der Waals surface area contributed by atoms with E-state index in [9.17, 15) is 4.79 Å². The topological polar surface area (TPSA) is 35.5 Å². The predicted molar refractivity (Wildman–Crippen MR) is 74.8 cm³/mol. The molecule has 2 rings (SSSR count). The number of hydrogen-bond acceptors (Lipinski definition) is 3. The van der Waals surface area contributed by atoms with Crippen molar-refractivity contribution in [1.29, 1.82) is 0 Å². The molecule has 1 heterocycles. The summed E-state index contributed by atoms with van der Waals surface area (Å²) in [5.74, 6) is 1.31. The maximum atomic E-state index is 12.2. The van der Waals surface area contributed by atoms with Gasteiger partial charge in [0.05, 0.1) is 5.56 Å². The van der Waals surface area contributed by atoms with Gasteiger partial charge >= 0.3 is 0 Å². The molecule has 2 unspecified atom stereocenters. The highest BCUT2D eigenvalue weighted by Crippen LogP contribution is 2.32. The number of ether oxygens (including phenoxy) is 2. The first-order chi connectivity index (χ1) is 9.15. The Morgan fingerprint density at radius 2 is 2.26 bits per heavy atom. The molecule has 0 radical (unpaired) electrons. The summed E-state index contributed by atoms with van der Waals surface area (Å²) in [7, 11) is 1.71. The fourth-order valence-electron chi connectivity index (χ4n) is 2.65. The zero-order valence-corrected chi connectivity index (χ0v) is 11.9. The van der Waals surface area contributed by atoms with Gasteiger partial charge in [0.15, 0.2) is 5.78 Å². The van der Waals surface area contributed by atoms with E-state index in [2.05, 4.69) is 6.92 Å². The molecule has 0 N–H and O–H groups in total. The second-order valence-electron chi connectivity index (χ2n) is 5.23. The van der Waals surface area contributed by atoms with E-state index in [1.165, 1.54) is 0 Å². The van der Waals surface area contributed by atoms with E-state index >= 15 is 0 Å². The third-order valence-corrected chi connectivity index (χ3v) is 3.84. The normalized spacial score (nSPS) is 19.7. The molecule has 1 aromatic rings. The van der Waals surface area contributed by atoms with Gasteiger partial charge in [-0.05, 0) is 37.8 Å². The minimum atomic E-state index is -0.0112. The largest absolute Gasteiger partial charge is 0.489 e. The Morgan fingerprint density at radius 3 is 2.95 bits per heavy atom. The van der Waals surface area contributed by atoms with Gasteiger partial charge in [-0.1, -0.05) is 18.6 Å². The number of methoxy groups -OCH3 is 1. The van der Waals surface area contributed by atoms with Crippen molar-refractivity contribution >= 4 is 5.78 Å². The molecular formula is C16H22O3. The van der Waals surface area contributed by atoms with E-state index in [4.69, 9.17) is 9.47 Å². The summed E-state index contributed by atoms with van der Waals surface area (Å²) in [5.41, 5.74) is 1.83. The first-order valence-electron chi connectivity index (χ1n) is 6.95. The van der Waals surface area contributed by atoms with Crippen molar-refractivity contribution in [1.82, 2.24) is 0 Å². The van der Waals surface area contributed by atoms with E-state index < -0.39 is 0 Å². The summed E-state index contributed by atoms with van der Waals surface area (Å²) in [5, 5.41) is 0. The van der Waals surface area contributed by atoms with E-state index in [0.29, 0.717) is 18.9 Å². The molecule has 0 aromatic heterocycles. The van der Waals surface area contributed by atoms with Crippen LogP contribution in [-0.2, 0) is 4.74 Å². The van der Waals surface area contributed by atoms with Crippen LogP contribution in [0.2, 0.25) is 0 Å². The number of fused-ring (bicyclic) bond motifs is 1. The maximum Gasteiger partial charge on any atom is 0.170 e. The number of benzene rings is 1. The van der Waals surface area contributed by atoms with Crippen LogP contribution in [-0.4, -0.2) is 25.6 Å². The van der Waals surface area contributed by atoms with Crippen molar-refractivity contribution in [3.05, 3.63) is 29.3 Å². The van der Waals surface area contributed by atoms with Gasteiger partial charge in [0.25, 0.3) is 0 Å². The van der Waals surface area contributed by atoms with E-state index in [-0.39, 0.29) is 11.9 Å². The molecule has 1 aliphatic rings. The minimum absolute atomic E-state index is 0.0112. The van der Waals surface area contributed by atoms with Crippen LogP contribution < -0.4 is 4.74 Å². The Hall–Kier alpha value is -1.35. The Bertz CT molecular complexity index is 453. The van der Waals surface area contributed by atoms with Crippen LogP contribution in [0, 0.1) is 12.8 Å². The van der Waals surface area contributed by atoms with Gasteiger partial charge in [0.1, 0.15) is 11.9 Å². The lowest BCUT2D eigenvalue weighted by molar-refractivity contribution is 0.0633. The average Bonchev–Trinajstić information content (AvgIpc) is 2.40. The van der Waals surface area contributed by atoms with Crippen molar-refractivity contribution in [2.45, 2.75) is 39.2 Å². The molecule has 0 fully saturated rings. The molecule has 0 bridgehead atoms. The molecular weight excluding hydrogens is 240 g/mol. The number of carbonyl (C=O) groups is 1. The third kappa shape index (κ3) is 3.16. The molecule has 1 aromatic carbocycles. The second kappa shape index (κ2) is 6.20. The average molecular weight is 262 g/mol. The highest BCUT2D eigenvalue weighted by molar-refractivity contribution is 6.00. The van der Waals surface area contributed by atoms with Gasteiger partial charge in [-0.3, -0.25) is 4.79 Å². The van der Waals surface area contributed by atoms with Crippen molar-refractivity contribution in [2.75, 3.05) is 13.7 Å². The second-order valence-corrected chi connectivity index (χ2v) is 5.23. The Morgan fingerprint density at radius 1 is 1.47 bits per heavy atom. The molecule has 0 saturated carbocycles. The number of rotatable bonds is 5. The standard InChI is InChI=1S/C16H22O3/c1-4-12(7-8-18-3)16-10-14(17)13-9-11(2)5-6-15(13)19-16/h5-6,9,12,16H,4,7-8,10H2,1-3H3. The lowest BCUT2D eigenvalue weighted by atomic mass is 9.88. The summed E-state index contributed by atoms with van der Waals surface area (Å²) in [6, 6.07) is 5.83. The number of ketones is 1. The Balaban J connectivity index is 2.15. The monoisotopic (exact) mass is 262 g/mol. The molecule has 0 spiro atoms. The lowest BCUT2D eigenvalue weighted by Crippen LogP contribution is -2.34.